The summed E-state index contributed by atoms with van der Waals surface area (Å²) in [4.78, 5) is 1.36. The SMILES string of the molecule is CS(=O)(=O)CCNCC1CSc2ccccc21. The van der Waals surface area contributed by atoms with Gasteiger partial charge in [-0.1, -0.05) is 18.2 Å². The highest BCUT2D eigenvalue weighted by Gasteiger charge is 2.21. The van der Waals surface area contributed by atoms with Crippen LogP contribution >= 0.6 is 11.8 Å². The summed E-state index contributed by atoms with van der Waals surface area (Å²) >= 11 is 1.88. The van der Waals surface area contributed by atoms with Gasteiger partial charge in [-0.2, -0.15) is 0 Å². The summed E-state index contributed by atoms with van der Waals surface area (Å²) < 4.78 is 22.0. The van der Waals surface area contributed by atoms with E-state index in [9.17, 15) is 8.42 Å². The largest absolute Gasteiger partial charge is 0.315 e. The van der Waals surface area contributed by atoms with Crippen molar-refractivity contribution in [1.29, 1.82) is 0 Å². The van der Waals surface area contributed by atoms with E-state index in [0.717, 1.165) is 12.3 Å². The number of thioether (sulfide) groups is 1. The normalized spacial score (nSPS) is 19.2. The van der Waals surface area contributed by atoms with Crippen LogP contribution in [0.1, 0.15) is 11.5 Å². The van der Waals surface area contributed by atoms with Crippen LogP contribution in [0.5, 0.6) is 0 Å². The van der Waals surface area contributed by atoms with Gasteiger partial charge in [-0.05, 0) is 11.6 Å². The Bertz CT molecular complexity index is 485. The first-order valence-corrected chi connectivity index (χ1v) is 8.71. The van der Waals surface area contributed by atoms with Gasteiger partial charge in [0.2, 0.25) is 0 Å². The summed E-state index contributed by atoms with van der Waals surface area (Å²) in [5.41, 5.74) is 1.39. The lowest BCUT2D eigenvalue weighted by atomic mass is 10.0. The molecule has 0 aromatic heterocycles. The van der Waals surface area contributed by atoms with Crippen LogP contribution in [0.2, 0.25) is 0 Å². The van der Waals surface area contributed by atoms with Crippen LogP contribution in [0.3, 0.4) is 0 Å². The highest BCUT2D eigenvalue weighted by Crippen LogP contribution is 2.38. The molecular formula is C12H17NO2S2. The van der Waals surface area contributed by atoms with E-state index in [1.807, 2.05) is 11.8 Å². The number of fused-ring (bicyclic) bond motifs is 1. The van der Waals surface area contributed by atoms with Gasteiger partial charge in [0.05, 0.1) is 5.75 Å². The summed E-state index contributed by atoms with van der Waals surface area (Å²) in [5, 5.41) is 3.23. The van der Waals surface area contributed by atoms with Gasteiger partial charge in [0, 0.05) is 35.9 Å². The quantitative estimate of drug-likeness (QED) is 0.825. The Morgan fingerprint density at radius 2 is 2.18 bits per heavy atom. The highest BCUT2D eigenvalue weighted by atomic mass is 32.2. The molecule has 0 spiro atoms. The van der Waals surface area contributed by atoms with Gasteiger partial charge in [0.15, 0.2) is 0 Å². The Hall–Kier alpha value is -0.520. The Kier molecular flexibility index (Phi) is 4.12. The maximum Gasteiger partial charge on any atom is 0.148 e. The molecule has 2 rings (SSSR count). The highest BCUT2D eigenvalue weighted by molar-refractivity contribution is 7.99. The minimum Gasteiger partial charge on any atom is -0.315 e. The molecule has 1 heterocycles. The van der Waals surface area contributed by atoms with Crippen LogP contribution in [0.15, 0.2) is 29.2 Å². The molecule has 17 heavy (non-hydrogen) atoms. The van der Waals surface area contributed by atoms with Gasteiger partial charge in [-0.3, -0.25) is 0 Å². The third-order valence-corrected chi connectivity index (χ3v) is 5.04. The molecule has 0 aliphatic carbocycles. The molecule has 1 N–H and O–H groups in total. The zero-order valence-corrected chi connectivity index (χ0v) is 11.5. The predicted molar refractivity (Wildman–Crippen MR) is 72.5 cm³/mol. The fourth-order valence-corrected chi connectivity index (χ4v) is 3.70. The Labute approximate surface area is 107 Å². The van der Waals surface area contributed by atoms with Crippen molar-refractivity contribution in [3.8, 4) is 0 Å². The fraction of sp³-hybridized carbons (Fsp3) is 0.500. The lowest BCUT2D eigenvalue weighted by Gasteiger charge is -2.11. The van der Waals surface area contributed by atoms with Crippen molar-refractivity contribution in [2.24, 2.45) is 0 Å². The maximum atomic E-state index is 11.0. The van der Waals surface area contributed by atoms with Crippen LogP contribution in [0.25, 0.3) is 0 Å². The van der Waals surface area contributed by atoms with E-state index in [4.69, 9.17) is 0 Å². The van der Waals surface area contributed by atoms with Crippen LogP contribution < -0.4 is 5.32 Å². The lowest BCUT2D eigenvalue weighted by molar-refractivity contribution is 0.591. The first-order valence-electron chi connectivity index (χ1n) is 5.66. The van der Waals surface area contributed by atoms with E-state index < -0.39 is 9.84 Å². The molecule has 1 aromatic rings. The number of hydrogen-bond acceptors (Lipinski definition) is 4. The third kappa shape index (κ3) is 3.72. The summed E-state index contributed by atoms with van der Waals surface area (Å²) in [5.74, 6) is 1.82. The van der Waals surface area contributed by atoms with Crippen molar-refractivity contribution < 1.29 is 8.42 Å². The average Bonchev–Trinajstić information content (AvgIpc) is 2.67. The number of benzene rings is 1. The zero-order chi connectivity index (χ0) is 12.3. The van der Waals surface area contributed by atoms with Crippen molar-refractivity contribution in [3.63, 3.8) is 0 Å². The lowest BCUT2D eigenvalue weighted by Crippen LogP contribution is -2.27. The van der Waals surface area contributed by atoms with E-state index in [1.54, 1.807) is 0 Å². The second kappa shape index (κ2) is 5.42. The topological polar surface area (TPSA) is 46.2 Å². The van der Waals surface area contributed by atoms with Crippen molar-refractivity contribution in [3.05, 3.63) is 29.8 Å². The first-order chi connectivity index (χ1) is 8.06. The van der Waals surface area contributed by atoms with Gasteiger partial charge in [0.1, 0.15) is 9.84 Å². The molecule has 0 radical (unpaired) electrons. The molecule has 1 aliphatic rings. The third-order valence-electron chi connectivity index (χ3n) is 2.84. The fourth-order valence-electron chi connectivity index (χ4n) is 1.93. The first kappa shape index (κ1) is 12.9. The molecule has 0 bridgehead atoms. The maximum absolute atomic E-state index is 11.0. The molecule has 0 saturated heterocycles. The van der Waals surface area contributed by atoms with Crippen LogP contribution in [0.4, 0.5) is 0 Å². The van der Waals surface area contributed by atoms with Crippen molar-refractivity contribution in [1.82, 2.24) is 5.32 Å². The standard InChI is InChI=1S/C12H17NO2S2/c1-17(14,15)7-6-13-8-10-9-16-12-5-3-2-4-11(10)12/h2-5,10,13H,6-9H2,1H3. The zero-order valence-electron chi connectivity index (χ0n) is 9.85. The molecule has 3 nitrogen and oxygen atoms in total. The second-order valence-electron chi connectivity index (χ2n) is 4.38. The van der Waals surface area contributed by atoms with Gasteiger partial charge in [-0.25, -0.2) is 8.42 Å². The van der Waals surface area contributed by atoms with E-state index in [2.05, 4.69) is 29.6 Å². The molecular weight excluding hydrogens is 254 g/mol. The van der Waals surface area contributed by atoms with Gasteiger partial charge >= 0.3 is 0 Å². The van der Waals surface area contributed by atoms with E-state index in [1.165, 1.54) is 16.7 Å². The molecule has 0 saturated carbocycles. The molecule has 94 valence electrons. The Balaban J connectivity index is 1.82. The smallest absolute Gasteiger partial charge is 0.148 e. The molecule has 0 fully saturated rings. The van der Waals surface area contributed by atoms with E-state index in [0.29, 0.717) is 12.5 Å². The van der Waals surface area contributed by atoms with Crippen molar-refractivity contribution in [2.75, 3.05) is 30.9 Å². The monoisotopic (exact) mass is 271 g/mol. The number of rotatable bonds is 5. The van der Waals surface area contributed by atoms with Gasteiger partial charge < -0.3 is 5.32 Å². The number of nitrogens with one attached hydrogen (secondary N) is 1. The molecule has 1 unspecified atom stereocenters. The van der Waals surface area contributed by atoms with Crippen molar-refractivity contribution >= 4 is 21.6 Å². The Morgan fingerprint density at radius 3 is 2.94 bits per heavy atom. The molecule has 1 aliphatic heterocycles. The van der Waals surface area contributed by atoms with Crippen molar-refractivity contribution in [2.45, 2.75) is 10.8 Å². The van der Waals surface area contributed by atoms with Gasteiger partial charge in [0.25, 0.3) is 0 Å². The minimum atomic E-state index is -2.85. The van der Waals surface area contributed by atoms with Crippen LogP contribution in [-0.4, -0.2) is 39.3 Å². The second-order valence-corrected chi connectivity index (χ2v) is 7.70. The summed E-state index contributed by atoms with van der Waals surface area (Å²) in [6.07, 6.45) is 1.27. The predicted octanol–water partition coefficient (Wildman–Crippen LogP) is 1.51. The number of hydrogen-bond donors (Lipinski definition) is 1. The van der Waals surface area contributed by atoms with E-state index >= 15 is 0 Å². The summed E-state index contributed by atoms with van der Waals surface area (Å²) in [7, 11) is -2.85. The van der Waals surface area contributed by atoms with Crippen LogP contribution in [0, 0.1) is 0 Å². The minimum absolute atomic E-state index is 0.217. The van der Waals surface area contributed by atoms with Gasteiger partial charge in [-0.15, -0.1) is 11.8 Å². The molecule has 5 heteroatoms. The molecule has 0 amide bonds. The summed E-state index contributed by atoms with van der Waals surface area (Å²) in [6, 6.07) is 8.44. The molecule has 1 aromatic carbocycles. The average molecular weight is 271 g/mol. The number of sulfone groups is 1. The van der Waals surface area contributed by atoms with E-state index in [-0.39, 0.29) is 5.75 Å². The summed E-state index contributed by atoms with van der Waals surface area (Å²) in [6.45, 7) is 1.40. The molecule has 1 atom stereocenters. The van der Waals surface area contributed by atoms with Crippen LogP contribution in [-0.2, 0) is 9.84 Å². The Morgan fingerprint density at radius 1 is 1.41 bits per heavy atom.